The lowest BCUT2D eigenvalue weighted by molar-refractivity contribution is 1.00. The third-order valence-corrected chi connectivity index (χ3v) is 3.62. The van der Waals surface area contributed by atoms with Crippen LogP contribution in [0.25, 0.3) is 0 Å². The summed E-state index contributed by atoms with van der Waals surface area (Å²) in [5.41, 5.74) is 3.65. The predicted molar refractivity (Wildman–Crippen MR) is 96.8 cm³/mol. The number of pyridine rings is 1. The molecule has 0 aliphatic carbocycles. The zero-order valence-corrected chi connectivity index (χ0v) is 14.0. The highest BCUT2D eigenvalue weighted by Crippen LogP contribution is 2.14. The van der Waals surface area contributed by atoms with Crippen LogP contribution in [0.2, 0.25) is 0 Å². The third kappa shape index (κ3) is 4.52. The quantitative estimate of drug-likeness (QED) is 0.725. The van der Waals surface area contributed by atoms with Gasteiger partial charge in [-0.25, -0.2) is 9.97 Å². The molecular formula is C19H21N5. The minimum Gasteiger partial charge on any atom is -0.366 e. The van der Waals surface area contributed by atoms with Gasteiger partial charge in [0.15, 0.2) is 0 Å². The van der Waals surface area contributed by atoms with E-state index in [4.69, 9.17) is 0 Å². The van der Waals surface area contributed by atoms with Gasteiger partial charge in [0, 0.05) is 31.5 Å². The molecule has 3 aromatic rings. The molecule has 0 saturated heterocycles. The van der Waals surface area contributed by atoms with Crippen molar-refractivity contribution in [3.8, 4) is 0 Å². The highest BCUT2D eigenvalue weighted by atomic mass is 15.1. The van der Waals surface area contributed by atoms with Crippen LogP contribution in [0.1, 0.15) is 22.5 Å². The lowest BCUT2D eigenvalue weighted by Gasteiger charge is -2.10. The van der Waals surface area contributed by atoms with E-state index in [0.717, 1.165) is 29.6 Å². The molecule has 1 aromatic carbocycles. The third-order valence-electron chi connectivity index (χ3n) is 3.62. The highest BCUT2D eigenvalue weighted by Gasteiger charge is 2.02. The van der Waals surface area contributed by atoms with Gasteiger partial charge in [-0.2, -0.15) is 0 Å². The largest absolute Gasteiger partial charge is 0.366 e. The Morgan fingerprint density at radius 1 is 0.792 bits per heavy atom. The van der Waals surface area contributed by atoms with Gasteiger partial charge in [0.1, 0.15) is 17.5 Å². The first kappa shape index (κ1) is 15.9. The molecule has 5 heteroatoms. The topological polar surface area (TPSA) is 62.7 Å². The smallest absolute Gasteiger partial charge is 0.132 e. The summed E-state index contributed by atoms with van der Waals surface area (Å²) in [6.07, 6.45) is 3.58. The fourth-order valence-corrected chi connectivity index (χ4v) is 2.46. The Hall–Kier alpha value is -2.95. The van der Waals surface area contributed by atoms with Crippen LogP contribution in [0, 0.1) is 13.8 Å². The van der Waals surface area contributed by atoms with Crippen molar-refractivity contribution in [3.05, 3.63) is 77.4 Å². The maximum absolute atomic E-state index is 4.45. The van der Waals surface area contributed by atoms with Crippen LogP contribution in [0.3, 0.4) is 0 Å². The van der Waals surface area contributed by atoms with Gasteiger partial charge >= 0.3 is 0 Å². The van der Waals surface area contributed by atoms with Gasteiger partial charge in [-0.15, -0.1) is 0 Å². The van der Waals surface area contributed by atoms with Crippen LogP contribution >= 0.6 is 0 Å². The predicted octanol–water partition coefficient (Wildman–Crippen LogP) is 3.71. The van der Waals surface area contributed by atoms with Crippen molar-refractivity contribution in [1.29, 1.82) is 0 Å². The maximum Gasteiger partial charge on any atom is 0.132 e. The Bertz CT molecular complexity index is 802. The molecule has 0 bridgehead atoms. The first-order chi connectivity index (χ1) is 11.7. The lowest BCUT2D eigenvalue weighted by atomic mass is 10.1. The van der Waals surface area contributed by atoms with E-state index in [2.05, 4.69) is 56.8 Å². The van der Waals surface area contributed by atoms with Crippen LogP contribution in [-0.2, 0) is 13.1 Å². The Morgan fingerprint density at radius 3 is 2.12 bits per heavy atom. The molecule has 3 rings (SSSR count). The molecule has 5 nitrogen and oxygen atoms in total. The zero-order valence-electron chi connectivity index (χ0n) is 14.0. The zero-order chi connectivity index (χ0) is 16.8. The van der Waals surface area contributed by atoms with Gasteiger partial charge in [0.25, 0.3) is 0 Å². The number of anilines is 2. The summed E-state index contributed by atoms with van der Waals surface area (Å²) in [5.74, 6) is 2.37. The molecule has 0 fully saturated rings. The van der Waals surface area contributed by atoms with Crippen molar-refractivity contribution in [1.82, 2.24) is 15.0 Å². The minimum absolute atomic E-state index is 0.705. The minimum atomic E-state index is 0.705. The van der Waals surface area contributed by atoms with Gasteiger partial charge in [0.05, 0.1) is 0 Å². The monoisotopic (exact) mass is 319 g/mol. The first-order valence-corrected chi connectivity index (χ1v) is 7.97. The number of nitrogens with one attached hydrogen (secondary N) is 2. The van der Waals surface area contributed by atoms with E-state index in [-0.39, 0.29) is 0 Å². The van der Waals surface area contributed by atoms with Crippen LogP contribution in [0.4, 0.5) is 11.6 Å². The Balaban J connectivity index is 1.65. The summed E-state index contributed by atoms with van der Waals surface area (Å²) in [7, 11) is 0. The van der Waals surface area contributed by atoms with Crippen molar-refractivity contribution in [2.45, 2.75) is 26.9 Å². The van der Waals surface area contributed by atoms with Crippen LogP contribution in [0.15, 0.2) is 54.9 Å². The van der Waals surface area contributed by atoms with Gasteiger partial charge in [-0.05, 0) is 37.1 Å². The average Bonchev–Trinajstić information content (AvgIpc) is 2.59. The van der Waals surface area contributed by atoms with E-state index >= 15 is 0 Å². The molecule has 2 N–H and O–H groups in total. The van der Waals surface area contributed by atoms with E-state index < -0.39 is 0 Å². The fourth-order valence-electron chi connectivity index (χ4n) is 2.46. The number of nitrogens with zero attached hydrogens (tertiary/aromatic N) is 3. The molecule has 0 spiro atoms. The second-order valence-electron chi connectivity index (χ2n) is 5.74. The first-order valence-electron chi connectivity index (χ1n) is 7.97. The second kappa shape index (κ2) is 7.55. The van der Waals surface area contributed by atoms with Crippen LogP contribution in [-0.4, -0.2) is 15.0 Å². The summed E-state index contributed by atoms with van der Waals surface area (Å²) < 4.78 is 0. The number of rotatable bonds is 6. The van der Waals surface area contributed by atoms with Crippen molar-refractivity contribution in [2.24, 2.45) is 0 Å². The van der Waals surface area contributed by atoms with E-state index in [1.165, 1.54) is 11.1 Å². The SMILES string of the molecule is Cc1cccc(CNc2cc(NCc3ccncc3)nc(C)n2)c1. The Labute approximate surface area is 142 Å². The molecule has 0 amide bonds. The fraction of sp³-hybridized carbons (Fsp3) is 0.211. The Kier molecular flexibility index (Phi) is 5.01. The van der Waals surface area contributed by atoms with Gasteiger partial charge in [-0.3, -0.25) is 4.98 Å². The molecule has 122 valence electrons. The van der Waals surface area contributed by atoms with Gasteiger partial charge in [-0.1, -0.05) is 29.8 Å². The highest BCUT2D eigenvalue weighted by molar-refractivity contribution is 5.48. The van der Waals surface area contributed by atoms with Gasteiger partial charge < -0.3 is 10.6 Å². The molecule has 24 heavy (non-hydrogen) atoms. The molecule has 0 atom stereocenters. The summed E-state index contributed by atoms with van der Waals surface area (Å²) in [6, 6.07) is 14.3. The summed E-state index contributed by atoms with van der Waals surface area (Å²) in [4.78, 5) is 12.9. The van der Waals surface area contributed by atoms with Crippen LogP contribution < -0.4 is 10.6 Å². The van der Waals surface area contributed by atoms with Crippen molar-refractivity contribution < 1.29 is 0 Å². The van der Waals surface area contributed by atoms with Crippen molar-refractivity contribution in [3.63, 3.8) is 0 Å². The Morgan fingerprint density at radius 2 is 1.46 bits per heavy atom. The second-order valence-corrected chi connectivity index (χ2v) is 5.74. The molecule has 0 aliphatic heterocycles. The lowest BCUT2D eigenvalue weighted by Crippen LogP contribution is -2.07. The normalized spacial score (nSPS) is 10.4. The number of aromatic nitrogens is 3. The molecule has 2 aromatic heterocycles. The number of benzene rings is 1. The van der Waals surface area contributed by atoms with Crippen LogP contribution in [0.5, 0.6) is 0 Å². The number of hydrogen-bond donors (Lipinski definition) is 2. The van der Waals surface area contributed by atoms with E-state index in [9.17, 15) is 0 Å². The number of aryl methyl sites for hydroxylation is 2. The molecule has 0 aliphatic rings. The standard InChI is InChI=1S/C19H21N5/c1-14-4-3-5-17(10-14)13-22-19-11-18(23-15(2)24-19)21-12-16-6-8-20-9-7-16/h3-11H,12-13H2,1-2H3,(H2,21,22,23,24). The molecule has 0 saturated carbocycles. The maximum atomic E-state index is 4.45. The molecule has 0 radical (unpaired) electrons. The average molecular weight is 319 g/mol. The molecular weight excluding hydrogens is 298 g/mol. The molecule has 0 unspecified atom stereocenters. The van der Waals surface area contributed by atoms with E-state index in [1.54, 1.807) is 12.4 Å². The van der Waals surface area contributed by atoms with E-state index in [1.807, 2.05) is 25.1 Å². The summed E-state index contributed by atoms with van der Waals surface area (Å²) in [5, 5.41) is 6.70. The van der Waals surface area contributed by atoms with Crippen molar-refractivity contribution >= 4 is 11.6 Å². The molecule has 2 heterocycles. The van der Waals surface area contributed by atoms with Crippen molar-refractivity contribution in [2.75, 3.05) is 10.6 Å². The summed E-state index contributed by atoms with van der Waals surface area (Å²) in [6.45, 7) is 5.44. The summed E-state index contributed by atoms with van der Waals surface area (Å²) >= 11 is 0. The van der Waals surface area contributed by atoms with E-state index in [0.29, 0.717) is 6.54 Å². The number of hydrogen-bond acceptors (Lipinski definition) is 5. The van der Waals surface area contributed by atoms with Gasteiger partial charge in [0.2, 0.25) is 0 Å².